The highest BCUT2D eigenvalue weighted by Crippen LogP contribution is 2.22. The number of rotatable bonds is 3. The molecule has 0 unspecified atom stereocenters. The van der Waals surface area contributed by atoms with Crippen LogP contribution in [0.3, 0.4) is 0 Å². The van der Waals surface area contributed by atoms with E-state index in [1.807, 2.05) is 36.5 Å². The summed E-state index contributed by atoms with van der Waals surface area (Å²) < 4.78 is 5.38. The number of nitrogens with one attached hydrogen (secondary N) is 2. The molecule has 1 aliphatic rings. The number of benzene rings is 1. The van der Waals surface area contributed by atoms with Crippen molar-refractivity contribution in [2.24, 2.45) is 10.9 Å². The molecule has 1 aliphatic heterocycles. The van der Waals surface area contributed by atoms with Crippen LogP contribution in [-0.4, -0.2) is 29.9 Å². The molecule has 0 saturated heterocycles. The van der Waals surface area contributed by atoms with Gasteiger partial charge in [-0.2, -0.15) is 0 Å². The molecule has 120 valence electrons. The number of aliphatic imine (C=N–C) groups is 1. The number of ether oxygens (including phenoxy) is 1. The van der Waals surface area contributed by atoms with Crippen molar-refractivity contribution in [1.29, 1.82) is 0 Å². The number of amides is 1. The molecule has 3 rings (SSSR count). The molecule has 1 aromatic carbocycles. The Morgan fingerprint density at radius 2 is 2.13 bits per heavy atom. The van der Waals surface area contributed by atoms with Gasteiger partial charge in [0.05, 0.1) is 7.11 Å². The van der Waals surface area contributed by atoms with Crippen molar-refractivity contribution in [3.8, 4) is 0 Å². The lowest BCUT2D eigenvalue weighted by atomic mass is 10.0. The first-order chi connectivity index (χ1) is 11.1. The lowest BCUT2D eigenvalue weighted by Crippen LogP contribution is -2.41. The van der Waals surface area contributed by atoms with Gasteiger partial charge in [-0.3, -0.25) is 4.79 Å². The van der Waals surface area contributed by atoms with Gasteiger partial charge < -0.3 is 15.0 Å². The van der Waals surface area contributed by atoms with Gasteiger partial charge in [-0.25, -0.2) is 4.99 Å². The maximum absolute atomic E-state index is 12.3. The summed E-state index contributed by atoms with van der Waals surface area (Å²) in [6.07, 6.45) is 4.51. The lowest BCUT2D eigenvalue weighted by molar-refractivity contribution is -0.122. The van der Waals surface area contributed by atoms with E-state index < -0.39 is 0 Å². The van der Waals surface area contributed by atoms with Crippen molar-refractivity contribution in [2.75, 3.05) is 7.11 Å². The number of aromatic amines is 1. The smallest absolute Gasteiger partial charge is 0.249 e. The number of hydrogen-bond donors (Lipinski definition) is 2. The maximum Gasteiger partial charge on any atom is 0.249 e. The molecule has 0 radical (unpaired) electrons. The minimum absolute atomic E-state index is 0.0782. The highest BCUT2D eigenvalue weighted by molar-refractivity contribution is 6.07. The van der Waals surface area contributed by atoms with E-state index in [9.17, 15) is 4.79 Å². The molecule has 5 heteroatoms. The fraction of sp³-hybridized carbons (Fsp3) is 0.333. The molecule has 1 amide bonds. The molecule has 1 aromatic heterocycles. The second-order valence-corrected chi connectivity index (χ2v) is 6.12. The fourth-order valence-corrected chi connectivity index (χ4v) is 2.77. The number of aromatic nitrogens is 1. The van der Waals surface area contributed by atoms with E-state index in [1.165, 1.54) is 0 Å². The van der Waals surface area contributed by atoms with E-state index in [0.717, 1.165) is 16.5 Å². The number of fused-ring (bicyclic) bond motifs is 1. The summed E-state index contributed by atoms with van der Waals surface area (Å²) in [7, 11) is 1.58. The van der Waals surface area contributed by atoms with Crippen LogP contribution < -0.4 is 5.32 Å². The van der Waals surface area contributed by atoms with Gasteiger partial charge in [0.25, 0.3) is 0 Å². The van der Waals surface area contributed by atoms with Gasteiger partial charge in [-0.15, -0.1) is 0 Å². The predicted octanol–water partition coefficient (Wildman–Crippen LogP) is 3.10. The number of methoxy groups -OCH3 is 1. The Morgan fingerprint density at radius 1 is 1.35 bits per heavy atom. The molecule has 2 N–H and O–H groups in total. The van der Waals surface area contributed by atoms with E-state index in [4.69, 9.17) is 4.74 Å². The number of hydrogen-bond acceptors (Lipinski definition) is 3. The van der Waals surface area contributed by atoms with Crippen molar-refractivity contribution < 1.29 is 9.53 Å². The van der Waals surface area contributed by atoms with Crippen LogP contribution in [0, 0.1) is 5.92 Å². The molecule has 2 aromatic rings. The van der Waals surface area contributed by atoms with Gasteiger partial charge in [0.15, 0.2) is 0 Å². The summed E-state index contributed by atoms with van der Waals surface area (Å²) >= 11 is 0. The van der Waals surface area contributed by atoms with Crippen LogP contribution in [0.25, 0.3) is 17.0 Å². The molecule has 0 aliphatic carbocycles. The third-order valence-corrected chi connectivity index (χ3v) is 3.87. The zero-order valence-electron chi connectivity index (χ0n) is 13.6. The summed E-state index contributed by atoms with van der Waals surface area (Å²) in [5.41, 5.74) is 2.64. The maximum atomic E-state index is 12.3. The first-order valence-corrected chi connectivity index (χ1v) is 7.79. The Hall–Kier alpha value is -2.56. The average molecular weight is 311 g/mol. The third-order valence-electron chi connectivity index (χ3n) is 3.87. The summed E-state index contributed by atoms with van der Waals surface area (Å²) in [5, 5.41) is 4.02. The molecule has 0 saturated carbocycles. The van der Waals surface area contributed by atoms with Crippen molar-refractivity contribution in [3.63, 3.8) is 0 Å². The van der Waals surface area contributed by atoms with Crippen molar-refractivity contribution >= 4 is 28.8 Å². The number of carbonyl (C=O) groups is 1. The first-order valence-electron chi connectivity index (χ1n) is 7.79. The Bertz CT molecular complexity index is 786. The second-order valence-electron chi connectivity index (χ2n) is 6.12. The predicted molar refractivity (Wildman–Crippen MR) is 92.1 cm³/mol. The van der Waals surface area contributed by atoms with E-state index in [-0.39, 0.29) is 11.9 Å². The highest BCUT2D eigenvalue weighted by atomic mass is 16.5. The van der Waals surface area contributed by atoms with Gasteiger partial charge >= 0.3 is 0 Å². The van der Waals surface area contributed by atoms with E-state index >= 15 is 0 Å². The topological polar surface area (TPSA) is 66.5 Å². The van der Waals surface area contributed by atoms with Gasteiger partial charge in [0.1, 0.15) is 11.7 Å². The summed E-state index contributed by atoms with van der Waals surface area (Å²) in [5.74, 6) is 0.790. The van der Waals surface area contributed by atoms with Crippen LogP contribution in [-0.2, 0) is 9.53 Å². The number of para-hydroxylation sites is 1. The number of carbonyl (C=O) groups excluding carboxylic acids is 1. The summed E-state index contributed by atoms with van der Waals surface area (Å²) in [6.45, 7) is 4.15. The quantitative estimate of drug-likeness (QED) is 0.914. The SMILES string of the molecule is COC1=N[C@@H](CC(C)C)C(=O)N/C1=C\c1c[nH]c2ccccc12. The molecule has 5 nitrogen and oxygen atoms in total. The average Bonchev–Trinajstić information content (AvgIpc) is 2.93. The molecule has 0 spiro atoms. The minimum atomic E-state index is -0.384. The van der Waals surface area contributed by atoms with Gasteiger partial charge in [-0.05, 0) is 24.5 Å². The Labute approximate surface area is 135 Å². The zero-order chi connectivity index (χ0) is 16.4. The Morgan fingerprint density at radius 3 is 2.87 bits per heavy atom. The van der Waals surface area contributed by atoms with Gasteiger partial charge in [0, 0.05) is 22.7 Å². The Kier molecular flexibility index (Phi) is 4.19. The largest absolute Gasteiger partial charge is 0.480 e. The van der Waals surface area contributed by atoms with E-state index in [1.54, 1.807) is 7.11 Å². The highest BCUT2D eigenvalue weighted by Gasteiger charge is 2.28. The lowest BCUT2D eigenvalue weighted by Gasteiger charge is -2.23. The summed E-state index contributed by atoms with van der Waals surface area (Å²) in [6, 6.07) is 7.64. The molecule has 1 atom stereocenters. The van der Waals surface area contributed by atoms with Crippen LogP contribution in [0.4, 0.5) is 0 Å². The molecule has 0 fully saturated rings. The molecule has 23 heavy (non-hydrogen) atoms. The van der Waals surface area contributed by atoms with Crippen LogP contribution >= 0.6 is 0 Å². The Balaban J connectivity index is 1.97. The van der Waals surface area contributed by atoms with Crippen molar-refractivity contribution in [2.45, 2.75) is 26.3 Å². The van der Waals surface area contributed by atoms with E-state index in [0.29, 0.717) is 23.9 Å². The fourth-order valence-electron chi connectivity index (χ4n) is 2.77. The van der Waals surface area contributed by atoms with E-state index in [2.05, 4.69) is 29.1 Å². The first kappa shape index (κ1) is 15.3. The zero-order valence-corrected chi connectivity index (χ0v) is 13.6. The normalized spacial score (nSPS) is 20.0. The van der Waals surface area contributed by atoms with Gasteiger partial charge in [-0.1, -0.05) is 32.0 Å². The molecule has 0 bridgehead atoms. The molecular formula is C18H21N3O2. The summed E-state index contributed by atoms with van der Waals surface area (Å²) in [4.78, 5) is 20.0. The number of nitrogens with zero attached hydrogens (tertiary/aromatic N) is 1. The van der Waals surface area contributed by atoms with Crippen LogP contribution in [0.5, 0.6) is 0 Å². The van der Waals surface area contributed by atoms with Crippen molar-refractivity contribution in [1.82, 2.24) is 10.3 Å². The van der Waals surface area contributed by atoms with Crippen LogP contribution in [0.15, 0.2) is 41.2 Å². The third kappa shape index (κ3) is 3.13. The van der Waals surface area contributed by atoms with Crippen LogP contribution in [0.1, 0.15) is 25.8 Å². The minimum Gasteiger partial charge on any atom is -0.480 e. The number of H-pyrrole nitrogens is 1. The molecule has 2 heterocycles. The molecular weight excluding hydrogens is 290 g/mol. The standard InChI is InChI=1S/C18H21N3O2/c1-11(2)8-15-17(22)20-16(18(21-15)23-3)9-12-10-19-14-7-5-4-6-13(12)14/h4-7,9-11,15,19H,8H2,1-3H3,(H,20,22)/b16-9-/t15-/m0/s1. The van der Waals surface area contributed by atoms with Gasteiger partial charge in [0.2, 0.25) is 11.8 Å². The van der Waals surface area contributed by atoms with Crippen LogP contribution in [0.2, 0.25) is 0 Å². The monoisotopic (exact) mass is 311 g/mol. The second kappa shape index (κ2) is 6.28. The van der Waals surface area contributed by atoms with Crippen molar-refractivity contribution in [3.05, 3.63) is 41.7 Å².